The highest BCUT2D eigenvalue weighted by Gasteiger charge is 2.07. The molecule has 0 aliphatic heterocycles. The zero-order valence-corrected chi connectivity index (χ0v) is 11.0. The zero-order chi connectivity index (χ0) is 12.5. The second-order valence-electron chi connectivity index (χ2n) is 4.09. The lowest BCUT2D eigenvalue weighted by Gasteiger charge is -1.96. The summed E-state index contributed by atoms with van der Waals surface area (Å²) < 4.78 is 5.58. The van der Waals surface area contributed by atoms with Gasteiger partial charge in [0.25, 0.3) is 6.01 Å². The van der Waals surface area contributed by atoms with Crippen LogP contribution in [0.4, 0.5) is 6.01 Å². The van der Waals surface area contributed by atoms with Crippen LogP contribution >= 0.6 is 11.3 Å². The van der Waals surface area contributed by atoms with E-state index in [9.17, 15) is 0 Å². The maximum Gasteiger partial charge on any atom is 0.296 e. The number of nitrogens with one attached hydrogen (secondary N) is 1. The molecule has 2 heterocycles. The van der Waals surface area contributed by atoms with Crippen LogP contribution in [0, 0.1) is 13.8 Å². The number of nitrogens with zero attached hydrogens (tertiary/aromatic N) is 2. The molecule has 0 amide bonds. The van der Waals surface area contributed by atoms with E-state index in [1.165, 1.54) is 4.88 Å². The minimum Gasteiger partial charge on any atom is -0.424 e. The van der Waals surface area contributed by atoms with Crippen molar-refractivity contribution in [2.45, 2.75) is 20.4 Å². The predicted molar refractivity (Wildman–Crippen MR) is 72.9 cm³/mol. The number of anilines is 1. The van der Waals surface area contributed by atoms with Crippen LogP contribution in [0.1, 0.15) is 15.6 Å². The SMILES string of the molecule is Cc1nc(CNc2nc3ccccc3o2)sc1C. The van der Waals surface area contributed by atoms with Crippen molar-refractivity contribution in [2.24, 2.45) is 0 Å². The van der Waals surface area contributed by atoms with Gasteiger partial charge in [0.1, 0.15) is 10.5 Å². The van der Waals surface area contributed by atoms with Gasteiger partial charge < -0.3 is 9.73 Å². The summed E-state index contributed by atoms with van der Waals surface area (Å²) in [6.45, 7) is 4.75. The van der Waals surface area contributed by atoms with Crippen molar-refractivity contribution in [1.29, 1.82) is 0 Å². The first-order chi connectivity index (χ1) is 8.72. The zero-order valence-electron chi connectivity index (χ0n) is 10.2. The predicted octanol–water partition coefficient (Wildman–Crippen LogP) is 3.51. The maximum absolute atomic E-state index is 5.58. The van der Waals surface area contributed by atoms with Crippen molar-refractivity contribution in [1.82, 2.24) is 9.97 Å². The smallest absolute Gasteiger partial charge is 0.296 e. The second kappa shape index (κ2) is 4.42. The lowest BCUT2D eigenvalue weighted by Crippen LogP contribution is -1.98. The summed E-state index contributed by atoms with van der Waals surface area (Å²) in [6.07, 6.45) is 0. The number of oxazole rings is 1. The van der Waals surface area contributed by atoms with Crippen LogP contribution in [-0.4, -0.2) is 9.97 Å². The maximum atomic E-state index is 5.58. The molecule has 1 aromatic carbocycles. The van der Waals surface area contributed by atoms with E-state index in [0.29, 0.717) is 12.6 Å². The van der Waals surface area contributed by atoms with Crippen LogP contribution < -0.4 is 5.32 Å². The number of hydrogen-bond donors (Lipinski definition) is 1. The summed E-state index contributed by atoms with van der Waals surface area (Å²) in [5.74, 6) is 0. The number of para-hydroxylation sites is 2. The van der Waals surface area contributed by atoms with Gasteiger partial charge in [-0.2, -0.15) is 4.98 Å². The molecule has 0 bridgehead atoms. The first kappa shape index (κ1) is 11.2. The molecule has 92 valence electrons. The Morgan fingerprint density at radius 2 is 2.06 bits per heavy atom. The Morgan fingerprint density at radius 1 is 1.22 bits per heavy atom. The molecule has 0 saturated heterocycles. The van der Waals surface area contributed by atoms with Gasteiger partial charge in [-0.25, -0.2) is 4.98 Å². The molecule has 5 heteroatoms. The van der Waals surface area contributed by atoms with Gasteiger partial charge in [-0.15, -0.1) is 11.3 Å². The highest BCUT2D eigenvalue weighted by atomic mass is 32.1. The lowest BCUT2D eigenvalue weighted by atomic mass is 10.3. The molecular weight excluding hydrogens is 246 g/mol. The fourth-order valence-corrected chi connectivity index (χ4v) is 2.59. The Labute approximate surface area is 109 Å². The number of fused-ring (bicyclic) bond motifs is 1. The van der Waals surface area contributed by atoms with Gasteiger partial charge in [0.15, 0.2) is 5.58 Å². The third-order valence-electron chi connectivity index (χ3n) is 2.76. The van der Waals surface area contributed by atoms with E-state index in [0.717, 1.165) is 21.8 Å². The molecule has 0 atom stereocenters. The Morgan fingerprint density at radius 3 is 2.78 bits per heavy atom. The summed E-state index contributed by atoms with van der Waals surface area (Å²) in [4.78, 5) is 10.1. The molecule has 0 saturated carbocycles. The second-order valence-corrected chi connectivity index (χ2v) is 5.38. The van der Waals surface area contributed by atoms with E-state index in [4.69, 9.17) is 4.42 Å². The topological polar surface area (TPSA) is 51.0 Å². The van der Waals surface area contributed by atoms with Crippen LogP contribution in [0.15, 0.2) is 28.7 Å². The third-order valence-corrected chi connectivity index (χ3v) is 3.83. The molecule has 4 nitrogen and oxygen atoms in total. The van der Waals surface area contributed by atoms with Crippen LogP contribution in [-0.2, 0) is 6.54 Å². The monoisotopic (exact) mass is 259 g/mol. The first-order valence-corrected chi connectivity index (χ1v) is 6.56. The molecule has 3 rings (SSSR count). The van der Waals surface area contributed by atoms with Gasteiger partial charge in [0.2, 0.25) is 0 Å². The molecule has 1 N–H and O–H groups in total. The highest BCUT2D eigenvalue weighted by Crippen LogP contribution is 2.20. The van der Waals surface area contributed by atoms with Crippen molar-refractivity contribution >= 4 is 28.5 Å². The minimum absolute atomic E-state index is 0.543. The number of hydrogen-bond acceptors (Lipinski definition) is 5. The van der Waals surface area contributed by atoms with Gasteiger partial charge in [0, 0.05) is 4.88 Å². The number of aromatic nitrogens is 2. The van der Waals surface area contributed by atoms with E-state index in [1.54, 1.807) is 11.3 Å². The fraction of sp³-hybridized carbons (Fsp3) is 0.231. The van der Waals surface area contributed by atoms with E-state index in [2.05, 4.69) is 22.2 Å². The van der Waals surface area contributed by atoms with Gasteiger partial charge in [-0.1, -0.05) is 12.1 Å². The lowest BCUT2D eigenvalue weighted by molar-refractivity contribution is 0.614. The van der Waals surface area contributed by atoms with Gasteiger partial charge in [-0.05, 0) is 26.0 Å². The molecule has 0 fully saturated rings. The normalized spacial score (nSPS) is 11.0. The molecule has 0 spiro atoms. The van der Waals surface area contributed by atoms with Gasteiger partial charge in [0.05, 0.1) is 12.2 Å². The number of rotatable bonds is 3. The first-order valence-electron chi connectivity index (χ1n) is 5.75. The molecule has 0 aliphatic rings. The summed E-state index contributed by atoms with van der Waals surface area (Å²) in [5.41, 5.74) is 2.76. The van der Waals surface area contributed by atoms with Crippen LogP contribution in [0.2, 0.25) is 0 Å². The Hall–Kier alpha value is -1.88. The standard InChI is InChI=1S/C13H13N3OS/c1-8-9(2)18-12(15-8)7-14-13-16-10-5-3-4-6-11(10)17-13/h3-6H,7H2,1-2H3,(H,14,16). The third kappa shape index (κ3) is 2.09. The average Bonchev–Trinajstić information content (AvgIpc) is 2.91. The van der Waals surface area contributed by atoms with Gasteiger partial charge >= 0.3 is 0 Å². The van der Waals surface area contributed by atoms with Crippen molar-refractivity contribution in [3.8, 4) is 0 Å². The van der Waals surface area contributed by atoms with E-state index in [-0.39, 0.29) is 0 Å². The molecular formula is C13H13N3OS. The minimum atomic E-state index is 0.543. The van der Waals surface area contributed by atoms with Gasteiger partial charge in [-0.3, -0.25) is 0 Å². The summed E-state index contributed by atoms with van der Waals surface area (Å²) in [5, 5.41) is 4.21. The van der Waals surface area contributed by atoms with Crippen molar-refractivity contribution in [3.63, 3.8) is 0 Å². The molecule has 18 heavy (non-hydrogen) atoms. The van der Waals surface area contributed by atoms with Crippen molar-refractivity contribution in [3.05, 3.63) is 39.8 Å². The summed E-state index contributed by atoms with van der Waals surface area (Å²) in [6, 6.07) is 8.27. The number of benzene rings is 1. The summed E-state index contributed by atoms with van der Waals surface area (Å²) in [7, 11) is 0. The molecule has 0 radical (unpaired) electrons. The van der Waals surface area contributed by atoms with Crippen LogP contribution in [0.3, 0.4) is 0 Å². The highest BCUT2D eigenvalue weighted by molar-refractivity contribution is 7.11. The molecule has 3 aromatic rings. The summed E-state index contributed by atoms with van der Waals surface area (Å²) >= 11 is 1.70. The number of thiazole rings is 1. The number of aryl methyl sites for hydroxylation is 2. The quantitative estimate of drug-likeness (QED) is 0.782. The van der Waals surface area contributed by atoms with E-state index < -0.39 is 0 Å². The molecule has 0 unspecified atom stereocenters. The Bertz CT molecular complexity index is 634. The fourth-order valence-electron chi connectivity index (χ4n) is 1.71. The largest absolute Gasteiger partial charge is 0.424 e. The molecule has 0 aliphatic carbocycles. The van der Waals surface area contributed by atoms with Crippen molar-refractivity contribution < 1.29 is 4.42 Å². The average molecular weight is 259 g/mol. The van der Waals surface area contributed by atoms with Crippen LogP contribution in [0.5, 0.6) is 0 Å². The van der Waals surface area contributed by atoms with Crippen molar-refractivity contribution in [2.75, 3.05) is 5.32 Å². The Kier molecular flexibility index (Phi) is 2.76. The van der Waals surface area contributed by atoms with E-state index >= 15 is 0 Å². The molecule has 2 aromatic heterocycles. The Balaban J connectivity index is 1.76. The van der Waals surface area contributed by atoms with E-state index in [1.807, 2.05) is 31.2 Å². The van der Waals surface area contributed by atoms with Crippen LogP contribution in [0.25, 0.3) is 11.1 Å².